The van der Waals surface area contributed by atoms with Crippen LogP contribution < -0.4 is 21.7 Å². The van der Waals surface area contributed by atoms with Crippen molar-refractivity contribution in [3.63, 3.8) is 0 Å². The zero-order valence-electron chi connectivity index (χ0n) is 28.8. The SMILES string of the molecule is CN[C@@H](CCC(=O)O)C(=O)CCCOCCOCC(=O)CCCOCCOCC(=O)N[C@@H](CCCCNC(=O)c1ccc(C)cc1)C(N)=O. The molecule has 0 spiro atoms. The van der Waals surface area contributed by atoms with Gasteiger partial charge in [0.25, 0.3) is 5.91 Å². The molecule has 3 amide bonds. The van der Waals surface area contributed by atoms with Gasteiger partial charge in [-0.05, 0) is 64.6 Å². The summed E-state index contributed by atoms with van der Waals surface area (Å²) in [6.07, 6.45) is 3.29. The minimum atomic E-state index is -0.938. The molecule has 2 atom stereocenters. The summed E-state index contributed by atoms with van der Waals surface area (Å²) >= 11 is 0. The van der Waals surface area contributed by atoms with Crippen LogP contribution in [0.25, 0.3) is 0 Å². The lowest BCUT2D eigenvalue weighted by molar-refractivity contribution is -0.137. The van der Waals surface area contributed by atoms with E-state index in [1.165, 1.54) is 0 Å². The fourth-order valence-corrected chi connectivity index (χ4v) is 4.50. The van der Waals surface area contributed by atoms with Gasteiger partial charge in [0.2, 0.25) is 11.8 Å². The average molecular weight is 695 g/mol. The highest BCUT2D eigenvalue weighted by Gasteiger charge is 2.18. The molecule has 0 heterocycles. The molecule has 0 aliphatic heterocycles. The van der Waals surface area contributed by atoms with Crippen LogP contribution in [0.1, 0.15) is 73.7 Å². The Labute approximate surface area is 288 Å². The van der Waals surface area contributed by atoms with E-state index in [-0.39, 0.29) is 82.8 Å². The van der Waals surface area contributed by atoms with Gasteiger partial charge in [-0.3, -0.25) is 28.8 Å². The second kappa shape index (κ2) is 27.1. The Morgan fingerprint density at radius 1 is 0.735 bits per heavy atom. The maximum atomic E-state index is 12.2. The number of ketones is 2. The summed E-state index contributed by atoms with van der Waals surface area (Å²) in [6.45, 7) is 3.69. The summed E-state index contributed by atoms with van der Waals surface area (Å²) < 4.78 is 21.5. The molecule has 0 radical (unpaired) electrons. The van der Waals surface area contributed by atoms with Gasteiger partial charge in [-0.1, -0.05) is 17.7 Å². The number of aliphatic carboxylic acids is 1. The Kier molecular flexibility index (Phi) is 23.9. The van der Waals surface area contributed by atoms with Crippen LogP contribution in [0.5, 0.6) is 0 Å². The summed E-state index contributed by atoms with van der Waals surface area (Å²) in [5.41, 5.74) is 7.07. The number of rotatable bonds is 31. The predicted octanol–water partition coefficient (Wildman–Crippen LogP) is 1.08. The summed E-state index contributed by atoms with van der Waals surface area (Å²) in [6, 6.07) is 5.93. The summed E-state index contributed by atoms with van der Waals surface area (Å²) in [7, 11) is 1.63. The zero-order valence-corrected chi connectivity index (χ0v) is 28.8. The van der Waals surface area contributed by atoms with Gasteiger partial charge in [0, 0.05) is 44.6 Å². The second-order valence-corrected chi connectivity index (χ2v) is 11.5. The number of likely N-dealkylation sites (N-methyl/N-ethyl adjacent to an activating group) is 1. The van der Waals surface area contributed by atoms with E-state index in [9.17, 15) is 28.8 Å². The minimum Gasteiger partial charge on any atom is -0.481 e. The summed E-state index contributed by atoms with van der Waals surface area (Å²) in [5.74, 6) is -2.35. The zero-order chi connectivity index (χ0) is 36.3. The smallest absolute Gasteiger partial charge is 0.303 e. The number of amides is 3. The van der Waals surface area contributed by atoms with Gasteiger partial charge in [-0.15, -0.1) is 0 Å². The molecule has 0 aliphatic carbocycles. The number of benzene rings is 1. The molecule has 0 saturated carbocycles. The van der Waals surface area contributed by atoms with Crippen molar-refractivity contribution < 1.29 is 52.8 Å². The van der Waals surface area contributed by atoms with Crippen molar-refractivity contribution in [3.05, 3.63) is 35.4 Å². The number of carbonyl (C=O) groups is 6. The molecule has 15 heteroatoms. The molecule has 0 bridgehead atoms. The first-order chi connectivity index (χ1) is 23.5. The first-order valence-corrected chi connectivity index (χ1v) is 16.7. The lowest BCUT2D eigenvalue weighted by Crippen LogP contribution is -2.45. The normalized spacial score (nSPS) is 12.2. The van der Waals surface area contributed by atoms with E-state index in [4.69, 9.17) is 29.8 Å². The van der Waals surface area contributed by atoms with E-state index < -0.39 is 29.9 Å². The number of nitrogens with two attached hydrogens (primary N) is 1. The molecule has 1 aromatic rings. The van der Waals surface area contributed by atoms with E-state index in [1.807, 2.05) is 19.1 Å². The maximum Gasteiger partial charge on any atom is 0.303 e. The van der Waals surface area contributed by atoms with E-state index >= 15 is 0 Å². The Balaban J connectivity index is 1.99. The number of carboxylic acid groups (broad SMARTS) is 1. The van der Waals surface area contributed by atoms with Crippen LogP contribution in [0, 0.1) is 6.92 Å². The molecule has 0 saturated heterocycles. The maximum absolute atomic E-state index is 12.2. The van der Waals surface area contributed by atoms with Crippen molar-refractivity contribution in [2.24, 2.45) is 5.73 Å². The van der Waals surface area contributed by atoms with E-state index in [2.05, 4.69) is 16.0 Å². The highest BCUT2D eigenvalue weighted by molar-refractivity contribution is 5.94. The van der Waals surface area contributed by atoms with Crippen LogP contribution in [0.15, 0.2) is 24.3 Å². The monoisotopic (exact) mass is 694 g/mol. The van der Waals surface area contributed by atoms with Gasteiger partial charge in [0.1, 0.15) is 25.0 Å². The molecule has 1 aromatic carbocycles. The number of hydrogen-bond acceptors (Lipinski definition) is 11. The molecule has 49 heavy (non-hydrogen) atoms. The molecule has 0 aromatic heterocycles. The molecular weight excluding hydrogens is 640 g/mol. The first-order valence-electron chi connectivity index (χ1n) is 16.7. The van der Waals surface area contributed by atoms with Crippen molar-refractivity contribution in [1.29, 1.82) is 0 Å². The first kappa shape index (κ1) is 43.3. The van der Waals surface area contributed by atoms with Crippen LogP contribution in [0.2, 0.25) is 0 Å². The molecule has 276 valence electrons. The van der Waals surface area contributed by atoms with Gasteiger partial charge in [0.15, 0.2) is 5.78 Å². The van der Waals surface area contributed by atoms with E-state index in [1.54, 1.807) is 19.2 Å². The van der Waals surface area contributed by atoms with Gasteiger partial charge >= 0.3 is 5.97 Å². The van der Waals surface area contributed by atoms with Crippen molar-refractivity contribution in [3.8, 4) is 0 Å². The van der Waals surface area contributed by atoms with Crippen LogP contribution in [0.4, 0.5) is 0 Å². The summed E-state index contributed by atoms with van der Waals surface area (Å²) in [4.78, 5) is 70.8. The third-order valence-corrected chi connectivity index (χ3v) is 7.28. The number of unbranched alkanes of at least 4 members (excludes halogenated alkanes) is 1. The minimum absolute atomic E-state index is 0.0373. The van der Waals surface area contributed by atoms with Crippen LogP contribution in [0.3, 0.4) is 0 Å². The van der Waals surface area contributed by atoms with Crippen LogP contribution >= 0.6 is 0 Å². The van der Waals surface area contributed by atoms with Crippen LogP contribution in [-0.4, -0.2) is 119 Å². The lowest BCUT2D eigenvalue weighted by Gasteiger charge is -2.15. The van der Waals surface area contributed by atoms with Crippen molar-refractivity contribution in [1.82, 2.24) is 16.0 Å². The molecule has 1 rings (SSSR count). The Morgan fingerprint density at radius 2 is 1.35 bits per heavy atom. The number of primary amides is 1. The number of carboxylic acids is 1. The average Bonchev–Trinajstić information content (AvgIpc) is 3.06. The van der Waals surface area contributed by atoms with Crippen molar-refractivity contribution >= 4 is 35.3 Å². The van der Waals surface area contributed by atoms with Gasteiger partial charge in [-0.2, -0.15) is 0 Å². The number of carbonyl (C=O) groups excluding carboxylic acids is 5. The summed E-state index contributed by atoms with van der Waals surface area (Å²) in [5, 5.41) is 17.0. The van der Waals surface area contributed by atoms with Gasteiger partial charge in [0.05, 0.1) is 32.5 Å². The highest BCUT2D eigenvalue weighted by atomic mass is 16.5. The Hall–Kier alpha value is -3.76. The van der Waals surface area contributed by atoms with E-state index in [0.29, 0.717) is 57.4 Å². The van der Waals surface area contributed by atoms with Crippen LogP contribution in [-0.2, 0) is 42.9 Å². The fraction of sp³-hybridized carbons (Fsp3) is 0.647. The third-order valence-electron chi connectivity index (χ3n) is 7.28. The predicted molar refractivity (Wildman–Crippen MR) is 180 cm³/mol. The molecule has 6 N–H and O–H groups in total. The Bertz CT molecular complexity index is 1150. The van der Waals surface area contributed by atoms with Gasteiger partial charge < -0.3 is 45.7 Å². The fourth-order valence-electron chi connectivity index (χ4n) is 4.50. The largest absolute Gasteiger partial charge is 0.481 e. The lowest BCUT2D eigenvalue weighted by atomic mass is 10.0. The Morgan fingerprint density at radius 3 is 1.96 bits per heavy atom. The quantitative estimate of drug-likeness (QED) is 0.0690. The standard InChI is InChI=1S/C34H54N4O11/c1-25-10-12-26(13-11-25)34(45)37-16-4-3-8-29(33(35)44)38-31(41)24-49-22-20-46-17-5-7-27(39)23-48-21-19-47-18-6-9-30(40)28(36-2)14-15-32(42)43/h10-13,28-29,36H,3-9,14-24H2,1-2H3,(H2,35,44)(H,37,45)(H,38,41)(H,42,43)/t28-,29-/m0/s1. The molecule has 0 unspecified atom stereocenters. The van der Waals surface area contributed by atoms with Crippen molar-refractivity contribution in [2.45, 2.75) is 76.8 Å². The highest BCUT2D eigenvalue weighted by Crippen LogP contribution is 2.06. The third kappa shape index (κ3) is 22.5. The number of Topliss-reactive ketones (excluding diaryl/α,β-unsaturated/α-hetero) is 2. The molecular formula is C34H54N4O11. The molecule has 0 aliphatic rings. The topological polar surface area (TPSA) is 222 Å². The number of ether oxygens (including phenoxy) is 4. The number of aryl methyl sites for hydroxylation is 1. The van der Waals surface area contributed by atoms with Crippen molar-refractivity contribution in [2.75, 3.05) is 66.4 Å². The molecule has 15 nitrogen and oxygen atoms in total. The number of hydrogen-bond donors (Lipinski definition) is 5. The second-order valence-electron chi connectivity index (χ2n) is 11.5. The number of nitrogens with one attached hydrogen (secondary N) is 3. The molecule has 0 fully saturated rings. The van der Waals surface area contributed by atoms with E-state index in [0.717, 1.165) is 5.56 Å². The van der Waals surface area contributed by atoms with Gasteiger partial charge in [-0.25, -0.2) is 0 Å².